The molecule has 0 bridgehead atoms. The molecule has 100 valence electrons. The highest BCUT2D eigenvalue weighted by molar-refractivity contribution is 5.96. The maximum Gasteiger partial charge on any atom is 0.162 e. The standard InChI is InChI=1S/C15H21NO.ClH/c1-2-15(17)13-8-7-9-14(12-13)16-10-5-3-4-6-11-16;/h7-9,12H,2-6,10-11H2,1H3;1H. The molecule has 18 heavy (non-hydrogen) atoms. The first-order valence-corrected chi connectivity index (χ1v) is 6.69. The first-order valence-electron chi connectivity index (χ1n) is 6.69. The van der Waals surface area contributed by atoms with E-state index in [1.165, 1.54) is 31.4 Å². The molecule has 2 rings (SSSR count). The number of carbonyl (C=O) groups excluding carboxylic acids is 1. The molecule has 1 aliphatic heterocycles. The summed E-state index contributed by atoms with van der Waals surface area (Å²) >= 11 is 0. The van der Waals surface area contributed by atoms with E-state index in [1.54, 1.807) is 0 Å². The molecule has 3 heteroatoms. The molecule has 0 aliphatic carbocycles. The number of rotatable bonds is 3. The lowest BCUT2D eigenvalue weighted by atomic mass is 10.1. The van der Waals surface area contributed by atoms with Gasteiger partial charge in [-0.25, -0.2) is 0 Å². The molecular weight excluding hydrogens is 246 g/mol. The number of Topliss-reactive ketones (excluding diaryl/α,β-unsaturated/α-hetero) is 1. The van der Waals surface area contributed by atoms with Crippen molar-refractivity contribution in [2.75, 3.05) is 18.0 Å². The number of hydrogen-bond donors (Lipinski definition) is 0. The van der Waals surface area contributed by atoms with Gasteiger partial charge in [-0.2, -0.15) is 0 Å². The first-order chi connectivity index (χ1) is 8.31. The fraction of sp³-hybridized carbons (Fsp3) is 0.533. The topological polar surface area (TPSA) is 20.3 Å². The Labute approximate surface area is 116 Å². The zero-order valence-electron chi connectivity index (χ0n) is 11.0. The second-order valence-electron chi connectivity index (χ2n) is 4.73. The highest BCUT2D eigenvalue weighted by atomic mass is 35.5. The van der Waals surface area contributed by atoms with Gasteiger partial charge in [0.05, 0.1) is 0 Å². The van der Waals surface area contributed by atoms with Gasteiger partial charge in [0.2, 0.25) is 0 Å². The minimum atomic E-state index is 0. The van der Waals surface area contributed by atoms with Crippen LogP contribution in [0.5, 0.6) is 0 Å². The van der Waals surface area contributed by atoms with Crippen molar-refractivity contribution in [3.05, 3.63) is 29.8 Å². The van der Waals surface area contributed by atoms with Gasteiger partial charge in [0.25, 0.3) is 0 Å². The molecule has 1 fully saturated rings. The number of benzene rings is 1. The molecule has 2 nitrogen and oxygen atoms in total. The molecule has 0 atom stereocenters. The highest BCUT2D eigenvalue weighted by Crippen LogP contribution is 2.21. The van der Waals surface area contributed by atoms with Crippen molar-refractivity contribution < 1.29 is 4.79 Å². The lowest BCUT2D eigenvalue weighted by Gasteiger charge is -2.23. The molecular formula is C15H22ClNO. The van der Waals surface area contributed by atoms with E-state index in [2.05, 4.69) is 17.0 Å². The third kappa shape index (κ3) is 3.74. The summed E-state index contributed by atoms with van der Waals surface area (Å²) in [6.07, 6.45) is 5.80. The monoisotopic (exact) mass is 267 g/mol. The Morgan fingerprint density at radius 2 is 1.83 bits per heavy atom. The fourth-order valence-corrected chi connectivity index (χ4v) is 2.41. The molecule has 0 unspecified atom stereocenters. The fourth-order valence-electron chi connectivity index (χ4n) is 2.41. The van der Waals surface area contributed by atoms with Gasteiger partial charge in [0.1, 0.15) is 0 Å². The number of nitrogens with zero attached hydrogens (tertiary/aromatic N) is 1. The molecule has 1 aliphatic rings. The van der Waals surface area contributed by atoms with Gasteiger partial charge < -0.3 is 4.90 Å². The Morgan fingerprint density at radius 3 is 2.44 bits per heavy atom. The van der Waals surface area contributed by atoms with Crippen LogP contribution in [0.2, 0.25) is 0 Å². The van der Waals surface area contributed by atoms with Crippen molar-refractivity contribution in [1.29, 1.82) is 0 Å². The van der Waals surface area contributed by atoms with Gasteiger partial charge in [0.15, 0.2) is 5.78 Å². The predicted octanol–water partition coefficient (Wildman–Crippen LogP) is 4.08. The summed E-state index contributed by atoms with van der Waals surface area (Å²) < 4.78 is 0. The lowest BCUT2D eigenvalue weighted by Crippen LogP contribution is -2.23. The van der Waals surface area contributed by atoms with E-state index in [-0.39, 0.29) is 18.2 Å². The molecule has 0 aromatic heterocycles. The maximum atomic E-state index is 11.7. The average Bonchev–Trinajstić information content (AvgIpc) is 2.67. The van der Waals surface area contributed by atoms with E-state index in [0.717, 1.165) is 18.7 Å². The van der Waals surface area contributed by atoms with E-state index < -0.39 is 0 Å². The number of ketones is 1. The molecule has 0 N–H and O–H groups in total. The predicted molar refractivity (Wildman–Crippen MR) is 79.0 cm³/mol. The zero-order chi connectivity index (χ0) is 12.1. The summed E-state index contributed by atoms with van der Waals surface area (Å²) in [5.74, 6) is 0.238. The van der Waals surface area contributed by atoms with E-state index in [9.17, 15) is 4.79 Å². The summed E-state index contributed by atoms with van der Waals surface area (Å²) in [4.78, 5) is 14.1. The van der Waals surface area contributed by atoms with Gasteiger partial charge in [-0.3, -0.25) is 4.79 Å². The molecule has 1 heterocycles. The van der Waals surface area contributed by atoms with Crippen LogP contribution in [-0.2, 0) is 0 Å². The maximum absolute atomic E-state index is 11.7. The van der Waals surface area contributed by atoms with Crippen molar-refractivity contribution in [2.45, 2.75) is 39.0 Å². The largest absolute Gasteiger partial charge is 0.372 e. The van der Waals surface area contributed by atoms with E-state index in [1.807, 2.05) is 19.1 Å². The van der Waals surface area contributed by atoms with Gasteiger partial charge >= 0.3 is 0 Å². The highest BCUT2D eigenvalue weighted by Gasteiger charge is 2.11. The Bertz CT molecular complexity index is 384. The minimum Gasteiger partial charge on any atom is -0.372 e. The smallest absolute Gasteiger partial charge is 0.162 e. The quantitative estimate of drug-likeness (QED) is 0.769. The van der Waals surface area contributed by atoms with Crippen LogP contribution in [0.1, 0.15) is 49.4 Å². The second-order valence-corrected chi connectivity index (χ2v) is 4.73. The zero-order valence-corrected chi connectivity index (χ0v) is 11.8. The van der Waals surface area contributed by atoms with Crippen molar-refractivity contribution >= 4 is 23.9 Å². The molecule has 1 aromatic carbocycles. The van der Waals surface area contributed by atoms with Crippen LogP contribution in [0.15, 0.2) is 24.3 Å². The van der Waals surface area contributed by atoms with Crippen molar-refractivity contribution in [2.24, 2.45) is 0 Å². The van der Waals surface area contributed by atoms with E-state index in [0.29, 0.717) is 6.42 Å². The summed E-state index contributed by atoms with van der Waals surface area (Å²) in [5, 5.41) is 0. The Kier molecular flexibility index (Phi) is 6.20. The van der Waals surface area contributed by atoms with Crippen molar-refractivity contribution in [3.63, 3.8) is 0 Å². The SMILES string of the molecule is CCC(=O)c1cccc(N2CCCCCC2)c1.Cl. The molecule has 0 amide bonds. The van der Waals surface area contributed by atoms with Crippen LogP contribution >= 0.6 is 12.4 Å². The van der Waals surface area contributed by atoms with Crippen LogP contribution in [0.25, 0.3) is 0 Å². The van der Waals surface area contributed by atoms with Gasteiger partial charge in [-0.15, -0.1) is 12.4 Å². The lowest BCUT2D eigenvalue weighted by molar-refractivity contribution is 0.0988. The third-order valence-corrected chi connectivity index (χ3v) is 3.46. The number of halogens is 1. The van der Waals surface area contributed by atoms with Crippen LogP contribution < -0.4 is 4.90 Å². The second kappa shape index (κ2) is 7.42. The number of hydrogen-bond acceptors (Lipinski definition) is 2. The average molecular weight is 268 g/mol. The van der Waals surface area contributed by atoms with Crippen molar-refractivity contribution in [3.8, 4) is 0 Å². The van der Waals surface area contributed by atoms with Crippen LogP contribution in [-0.4, -0.2) is 18.9 Å². The summed E-state index contributed by atoms with van der Waals surface area (Å²) in [6, 6.07) is 8.10. The molecule has 0 spiro atoms. The molecule has 0 radical (unpaired) electrons. The molecule has 0 saturated carbocycles. The third-order valence-electron chi connectivity index (χ3n) is 3.46. The Morgan fingerprint density at radius 1 is 1.17 bits per heavy atom. The summed E-state index contributed by atoms with van der Waals surface area (Å²) in [7, 11) is 0. The Hall–Kier alpha value is -1.02. The van der Waals surface area contributed by atoms with Crippen LogP contribution in [0.4, 0.5) is 5.69 Å². The number of anilines is 1. The van der Waals surface area contributed by atoms with Gasteiger partial charge in [-0.05, 0) is 25.0 Å². The molecule has 1 aromatic rings. The van der Waals surface area contributed by atoms with E-state index in [4.69, 9.17) is 0 Å². The summed E-state index contributed by atoms with van der Waals surface area (Å²) in [5.41, 5.74) is 2.07. The van der Waals surface area contributed by atoms with Crippen molar-refractivity contribution in [1.82, 2.24) is 0 Å². The van der Waals surface area contributed by atoms with Crippen LogP contribution in [0.3, 0.4) is 0 Å². The van der Waals surface area contributed by atoms with E-state index >= 15 is 0 Å². The summed E-state index contributed by atoms with van der Waals surface area (Å²) in [6.45, 7) is 4.18. The normalized spacial score (nSPS) is 15.7. The first kappa shape index (κ1) is 15.0. The van der Waals surface area contributed by atoms with Gasteiger partial charge in [-0.1, -0.05) is 31.9 Å². The minimum absolute atomic E-state index is 0. The van der Waals surface area contributed by atoms with Gasteiger partial charge in [0, 0.05) is 30.8 Å². The Balaban J connectivity index is 0.00000162. The molecule has 1 saturated heterocycles. The van der Waals surface area contributed by atoms with Crippen LogP contribution in [0, 0.1) is 0 Å². The number of carbonyl (C=O) groups is 1.